The molecule has 0 saturated heterocycles. The number of thioether (sulfide) groups is 1. The maximum absolute atomic E-state index is 13.0. The van der Waals surface area contributed by atoms with Gasteiger partial charge in [0.1, 0.15) is 17.3 Å². The molecule has 0 atom stereocenters. The Balaban J connectivity index is 3.26. The third kappa shape index (κ3) is 2.69. The average Bonchev–Trinajstić information content (AvgIpc) is 2.24. The second-order valence-corrected chi connectivity index (χ2v) is 4.04. The Hall–Kier alpha value is -1.18. The fourth-order valence-electron chi connectivity index (χ4n) is 0.909. The molecule has 0 aromatic heterocycles. The van der Waals surface area contributed by atoms with E-state index >= 15 is 0 Å². The van der Waals surface area contributed by atoms with Crippen LogP contribution in [0, 0.1) is 15.9 Å². The second kappa shape index (κ2) is 5.24. The molecule has 1 aromatic carbocycles. The highest BCUT2D eigenvalue weighted by molar-refractivity contribution is 8.13. The minimum Gasteiger partial charge on any atom is -0.388 e. The Kier molecular flexibility index (Phi) is 4.22. The van der Waals surface area contributed by atoms with Crippen LogP contribution < -0.4 is 0 Å². The predicted octanol–water partition coefficient (Wildman–Crippen LogP) is 2.00. The van der Waals surface area contributed by atoms with Gasteiger partial charge in [0.05, 0.1) is 9.95 Å². The summed E-state index contributed by atoms with van der Waals surface area (Å²) >= 11 is 5.85. The van der Waals surface area contributed by atoms with E-state index < -0.39 is 33.2 Å². The van der Waals surface area contributed by atoms with E-state index in [0.29, 0.717) is 11.8 Å². The third-order valence-corrected chi connectivity index (χ3v) is 3.03. The molecule has 0 amide bonds. The lowest BCUT2D eigenvalue weighted by Crippen LogP contribution is -2.00. The van der Waals surface area contributed by atoms with Crippen LogP contribution in [0.3, 0.4) is 0 Å². The Labute approximate surface area is 98.4 Å². The van der Waals surface area contributed by atoms with Gasteiger partial charge in [0.2, 0.25) is 5.12 Å². The van der Waals surface area contributed by atoms with Gasteiger partial charge in [0.15, 0.2) is 0 Å². The number of rotatable bonds is 3. The molecule has 16 heavy (non-hydrogen) atoms. The summed E-state index contributed by atoms with van der Waals surface area (Å²) in [6, 6.07) is 1.75. The zero-order chi connectivity index (χ0) is 12.3. The Bertz CT molecular complexity index is 454. The number of nitro benzene ring substituents is 1. The standard InChI is InChI=1S/C8H5ClFNO4S/c9-7-4(10)1-2-5(11(14)15)8(7)16-6(13)3-12/h1-2,12H,3H2. The van der Waals surface area contributed by atoms with Crippen molar-refractivity contribution in [2.24, 2.45) is 0 Å². The van der Waals surface area contributed by atoms with E-state index in [9.17, 15) is 19.3 Å². The van der Waals surface area contributed by atoms with E-state index in [1.54, 1.807) is 0 Å². The molecule has 0 spiro atoms. The van der Waals surface area contributed by atoms with Gasteiger partial charge in [-0.05, 0) is 17.8 Å². The van der Waals surface area contributed by atoms with Crippen LogP contribution in [0.2, 0.25) is 5.02 Å². The molecule has 0 radical (unpaired) electrons. The molecule has 0 heterocycles. The van der Waals surface area contributed by atoms with Crippen molar-refractivity contribution >= 4 is 34.2 Å². The molecule has 1 N–H and O–H groups in total. The lowest BCUT2D eigenvalue weighted by atomic mass is 10.3. The van der Waals surface area contributed by atoms with E-state index in [1.807, 2.05) is 0 Å². The molecular formula is C8H5ClFNO4S. The molecule has 0 bridgehead atoms. The van der Waals surface area contributed by atoms with Crippen molar-refractivity contribution in [1.29, 1.82) is 0 Å². The fraction of sp³-hybridized carbons (Fsp3) is 0.125. The van der Waals surface area contributed by atoms with Crippen molar-refractivity contribution in [3.63, 3.8) is 0 Å². The number of aliphatic hydroxyl groups is 1. The van der Waals surface area contributed by atoms with Crippen molar-refractivity contribution in [2.75, 3.05) is 6.61 Å². The van der Waals surface area contributed by atoms with Gasteiger partial charge in [0.25, 0.3) is 5.69 Å². The third-order valence-electron chi connectivity index (χ3n) is 1.57. The lowest BCUT2D eigenvalue weighted by molar-refractivity contribution is -0.387. The summed E-state index contributed by atoms with van der Waals surface area (Å²) in [4.78, 5) is 20.4. The monoisotopic (exact) mass is 265 g/mol. The largest absolute Gasteiger partial charge is 0.388 e. The molecular weight excluding hydrogens is 261 g/mol. The Morgan fingerprint density at radius 1 is 1.62 bits per heavy atom. The zero-order valence-corrected chi connectivity index (χ0v) is 9.22. The zero-order valence-electron chi connectivity index (χ0n) is 7.65. The highest BCUT2D eigenvalue weighted by Crippen LogP contribution is 2.37. The topological polar surface area (TPSA) is 80.4 Å². The molecule has 0 fully saturated rings. The SMILES string of the molecule is O=C(CO)Sc1c([N+](=O)[O-])ccc(F)c1Cl. The summed E-state index contributed by atoms with van der Waals surface area (Å²) in [5.41, 5.74) is -0.474. The lowest BCUT2D eigenvalue weighted by Gasteiger charge is -2.03. The van der Waals surface area contributed by atoms with Crippen LogP contribution in [0.15, 0.2) is 17.0 Å². The molecule has 86 valence electrons. The summed E-state index contributed by atoms with van der Waals surface area (Å²) in [7, 11) is 0. The highest BCUT2D eigenvalue weighted by atomic mass is 35.5. The first-order chi connectivity index (χ1) is 7.47. The number of aliphatic hydroxyl groups excluding tert-OH is 1. The van der Waals surface area contributed by atoms with Crippen molar-refractivity contribution < 1.29 is 19.2 Å². The fourth-order valence-corrected chi connectivity index (χ4v) is 1.91. The van der Waals surface area contributed by atoms with Crippen LogP contribution in [0.1, 0.15) is 0 Å². The molecule has 5 nitrogen and oxygen atoms in total. The summed E-state index contributed by atoms with van der Waals surface area (Å²) < 4.78 is 13.0. The van der Waals surface area contributed by atoms with Gasteiger partial charge >= 0.3 is 0 Å². The van der Waals surface area contributed by atoms with Crippen molar-refractivity contribution in [1.82, 2.24) is 0 Å². The molecule has 0 aliphatic carbocycles. The minimum atomic E-state index is -0.861. The molecule has 0 unspecified atom stereocenters. The first kappa shape index (κ1) is 12.9. The van der Waals surface area contributed by atoms with E-state index in [0.717, 1.165) is 12.1 Å². The van der Waals surface area contributed by atoms with Gasteiger partial charge < -0.3 is 5.11 Å². The summed E-state index contributed by atoms with van der Waals surface area (Å²) in [5, 5.41) is 17.8. The Morgan fingerprint density at radius 3 is 2.75 bits per heavy atom. The van der Waals surface area contributed by atoms with E-state index in [-0.39, 0.29) is 4.90 Å². The maximum Gasteiger partial charge on any atom is 0.285 e. The number of nitro groups is 1. The number of hydrogen-bond acceptors (Lipinski definition) is 5. The maximum atomic E-state index is 13.0. The van der Waals surface area contributed by atoms with Gasteiger partial charge in [0, 0.05) is 6.07 Å². The van der Waals surface area contributed by atoms with Crippen molar-refractivity contribution in [3.05, 3.63) is 33.1 Å². The number of benzene rings is 1. The first-order valence-corrected chi connectivity index (χ1v) is 5.10. The first-order valence-electron chi connectivity index (χ1n) is 3.91. The predicted molar refractivity (Wildman–Crippen MR) is 56.0 cm³/mol. The molecule has 0 aliphatic rings. The van der Waals surface area contributed by atoms with Crippen LogP contribution >= 0.6 is 23.4 Å². The van der Waals surface area contributed by atoms with Gasteiger partial charge in [-0.15, -0.1) is 0 Å². The van der Waals surface area contributed by atoms with Crippen molar-refractivity contribution in [2.45, 2.75) is 4.90 Å². The number of carbonyl (C=O) groups excluding carboxylic acids is 1. The van der Waals surface area contributed by atoms with Gasteiger partial charge in [-0.1, -0.05) is 11.6 Å². The van der Waals surface area contributed by atoms with Crippen LogP contribution in [0.25, 0.3) is 0 Å². The van der Waals surface area contributed by atoms with Gasteiger partial charge in [-0.25, -0.2) is 4.39 Å². The summed E-state index contributed by atoms with van der Waals surface area (Å²) in [6.45, 7) is -0.811. The molecule has 1 aromatic rings. The smallest absolute Gasteiger partial charge is 0.285 e. The summed E-state index contributed by atoms with van der Waals surface area (Å²) in [6.07, 6.45) is 0. The number of carbonyl (C=O) groups is 1. The van der Waals surface area contributed by atoms with E-state index in [2.05, 4.69) is 0 Å². The van der Waals surface area contributed by atoms with Gasteiger partial charge in [-0.3, -0.25) is 14.9 Å². The second-order valence-electron chi connectivity index (χ2n) is 2.60. The van der Waals surface area contributed by atoms with Crippen LogP contribution in [0.4, 0.5) is 10.1 Å². The van der Waals surface area contributed by atoms with E-state index in [4.69, 9.17) is 16.7 Å². The molecule has 8 heteroatoms. The Morgan fingerprint density at radius 2 is 2.25 bits per heavy atom. The highest BCUT2D eigenvalue weighted by Gasteiger charge is 2.22. The number of halogens is 2. The molecule has 0 saturated carbocycles. The van der Waals surface area contributed by atoms with Gasteiger partial charge in [-0.2, -0.15) is 0 Å². The van der Waals surface area contributed by atoms with Crippen LogP contribution in [-0.4, -0.2) is 21.8 Å². The van der Waals surface area contributed by atoms with Crippen LogP contribution in [-0.2, 0) is 4.79 Å². The minimum absolute atomic E-state index is 0.300. The van der Waals surface area contributed by atoms with Crippen LogP contribution in [0.5, 0.6) is 0 Å². The van der Waals surface area contributed by atoms with E-state index in [1.165, 1.54) is 0 Å². The normalized spacial score (nSPS) is 10.2. The number of nitrogens with zero attached hydrogens (tertiary/aromatic N) is 1. The average molecular weight is 266 g/mol. The number of hydrogen-bond donors (Lipinski definition) is 1. The quantitative estimate of drug-likeness (QED) is 0.514. The summed E-state index contributed by atoms with van der Waals surface area (Å²) in [5.74, 6) is -0.861. The van der Waals surface area contributed by atoms with Crippen molar-refractivity contribution in [3.8, 4) is 0 Å². The molecule has 1 rings (SSSR count). The molecule has 0 aliphatic heterocycles.